The van der Waals surface area contributed by atoms with Crippen LogP contribution in [0.1, 0.15) is 41.0 Å². The van der Waals surface area contributed by atoms with Crippen molar-refractivity contribution < 1.29 is 18.0 Å². The van der Waals surface area contributed by atoms with Gasteiger partial charge in [-0.25, -0.2) is 4.98 Å². The van der Waals surface area contributed by atoms with Crippen LogP contribution in [0.25, 0.3) is 10.6 Å². The first-order valence-electron chi connectivity index (χ1n) is 8.25. The molecule has 2 unspecified atom stereocenters. The first-order chi connectivity index (χ1) is 11.8. The third-order valence-electron chi connectivity index (χ3n) is 4.50. The number of alkyl halides is 3. The highest BCUT2D eigenvalue weighted by Crippen LogP contribution is 2.37. The number of carbonyl (C=O) groups is 1. The highest BCUT2D eigenvalue weighted by Gasteiger charge is 2.42. The number of thiazole rings is 1. The van der Waals surface area contributed by atoms with Crippen LogP contribution in [0.3, 0.4) is 0 Å². The van der Waals surface area contributed by atoms with E-state index in [0.717, 1.165) is 10.6 Å². The number of nitrogens with zero attached hydrogens (tertiary/aromatic N) is 1. The molecule has 0 saturated heterocycles. The molecule has 3 nitrogen and oxygen atoms in total. The molecule has 1 aliphatic rings. The maximum Gasteiger partial charge on any atom is 0.391 e. The Kier molecular flexibility index (Phi) is 5.13. The molecule has 1 heterocycles. The summed E-state index contributed by atoms with van der Waals surface area (Å²) in [6.07, 6.45) is -3.02. The Hall–Kier alpha value is -1.89. The summed E-state index contributed by atoms with van der Waals surface area (Å²) in [5.41, 5.74) is 1.52. The molecule has 0 aliphatic heterocycles. The predicted octanol–water partition coefficient (Wildman–Crippen LogP) is 4.97. The van der Waals surface area contributed by atoms with Crippen molar-refractivity contribution in [2.45, 2.75) is 44.8 Å². The highest BCUT2D eigenvalue weighted by atomic mass is 32.1. The summed E-state index contributed by atoms with van der Waals surface area (Å²) in [7, 11) is 0. The van der Waals surface area contributed by atoms with Gasteiger partial charge < -0.3 is 5.32 Å². The van der Waals surface area contributed by atoms with Crippen LogP contribution < -0.4 is 5.32 Å². The second-order valence-corrected chi connectivity index (χ2v) is 7.37. The van der Waals surface area contributed by atoms with Crippen LogP contribution in [0.15, 0.2) is 30.3 Å². The van der Waals surface area contributed by atoms with Gasteiger partial charge in [0.15, 0.2) is 0 Å². The van der Waals surface area contributed by atoms with Gasteiger partial charge in [0.1, 0.15) is 9.88 Å². The minimum atomic E-state index is -4.19. The Balaban J connectivity index is 1.70. The standard InChI is InChI=1S/C18H19F3N2OS/c1-11-15(25-17(22-11)12-6-3-2-4-7-12)16(24)23-14-9-5-8-13(10-14)18(19,20)21/h2-4,6-7,13-14H,5,8-10H2,1H3,(H,23,24). The Morgan fingerprint density at radius 2 is 1.96 bits per heavy atom. The first kappa shape index (κ1) is 17.9. The Bertz CT molecular complexity index is 743. The van der Waals surface area contributed by atoms with Crippen molar-refractivity contribution in [3.05, 3.63) is 40.9 Å². The Labute approximate surface area is 148 Å². The third kappa shape index (κ3) is 4.21. The number of benzene rings is 1. The van der Waals surface area contributed by atoms with Gasteiger partial charge in [0.25, 0.3) is 5.91 Å². The van der Waals surface area contributed by atoms with Gasteiger partial charge in [-0.2, -0.15) is 13.2 Å². The van der Waals surface area contributed by atoms with E-state index < -0.39 is 18.1 Å². The van der Waals surface area contributed by atoms with E-state index in [1.54, 1.807) is 6.92 Å². The van der Waals surface area contributed by atoms with Crippen LogP contribution in [-0.2, 0) is 0 Å². The van der Waals surface area contributed by atoms with Crippen LogP contribution >= 0.6 is 11.3 Å². The molecule has 1 aromatic heterocycles. The predicted molar refractivity (Wildman–Crippen MR) is 91.6 cm³/mol. The lowest BCUT2D eigenvalue weighted by molar-refractivity contribution is -0.183. The van der Waals surface area contributed by atoms with Crippen molar-refractivity contribution in [1.82, 2.24) is 10.3 Å². The molecule has 2 aromatic rings. The third-order valence-corrected chi connectivity index (χ3v) is 5.70. The van der Waals surface area contributed by atoms with Crippen LogP contribution in [0.5, 0.6) is 0 Å². The minimum absolute atomic E-state index is 0.0430. The lowest BCUT2D eigenvalue weighted by atomic mass is 9.85. The second kappa shape index (κ2) is 7.15. The summed E-state index contributed by atoms with van der Waals surface area (Å²) in [6, 6.07) is 9.08. The molecule has 134 valence electrons. The molecule has 1 aliphatic carbocycles. The lowest BCUT2D eigenvalue weighted by Crippen LogP contribution is -2.41. The van der Waals surface area contributed by atoms with Gasteiger partial charge in [-0.05, 0) is 26.2 Å². The average molecular weight is 368 g/mol. The number of amides is 1. The monoisotopic (exact) mass is 368 g/mol. The van der Waals surface area contributed by atoms with Crippen LogP contribution in [-0.4, -0.2) is 23.1 Å². The molecule has 7 heteroatoms. The summed E-state index contributed by atoms with van der Waals surface area (Å²) in [5, 5.41) is 3.51. The Morgan fingerprint density at radius 3 is 2.64 bits per heavy atom. The van der Waals surface area contributed by atoms with E-state index in [4.69, 9.17) is 0 Å². The molecule has 1 aromatic carbocycles. The largest absolute Gasteiger partial charge is 0.391 e. The quantitative estimate of drug-likeness (QED) is 0.831. The number of aromatic nitrogens is 1. The fourth-order valence-corrected chi connectivity index (χ4v) is 4.16. The van der Waals surface area contributed by atoms with Gasteiger partial charge in [0.05, 0.1) is 11.6 Å². The molecule has 1 amide bonds. The molecular weight excluding hydrogens is 349 g/mol. The van der Waals surface area contributed by atoms with Crippen molar-refractivity contribution in [3.8, 4) is 10.6 Å². The maximum atomic E-state index is 12.9. The van der Waals surface area contributed by atoms with E-state index in [0.29, 0.717) is 23.4 Å². The highest BCUT2D eigenvalue weighted by molar-refractivity contribution is 7.17. The number of halogens is 3. The van der Waals surface area contributed by atoms with Crippen LogP contribution in [0.2, 0.25) is 0 Å². The number of nitrogens with one attached hydrogen (secondary N) is 1. The summed E-state index contributed by atoms with van der Waals surface area (Å²) >= 11 is 1.27. The molecule has 25 heavy (non-hydrogen) atoms. The summed E-state index contributed by atoms with van der Waals surface area (Å²) in [4.78, 5) is 17.4. The number of rotatable bonds is 3. The minimum Gasteiger partial charge on any atom is -0.349 e. The van der Waals surface area contributed by atoms with E-state index in [-0.39, 0.29) is 18.7 Å². The van der Waals surface area contributed by atoms with E-state index in [9.17, 15) is 18.0 Å². The normalized spacial score (nSPS) is 21.1. The van der Waals surface area contributed by atoms with Gasteiger partial charge in [-0.15, -0.1) is 11.3 Å². The fourth-order valence-electron chi connectivity index (χ4n) is 3.18. The smallest absolute Gasteiger partial charge is 0.349 e. The van der Waals surface area contributed by atoms with Crippen LogP contribution in [0.4, 0.5) is 13.2 Å². The van der Waals surface area contributed by atoms with Gasteiger partial charge >= 0.3 is 6.18 Å². The number of aryl methyl sites for hydroxylation is 1. The first-order valence-corrected chi connectivity index (χ1v) is 9.06. The van der Waals surface area contributed by atoms with Crippen LogP contribution in [0, 0.1) is 12.8 Å². The second-order valence-electron chi connectivity index (χ2n) is 6.38. The van der Waals surface area contributed by atoms with Crippen molar-refractivity contribution in [2.75, 3.05) is 0 Å². The van der Waals surface area contributed by atoms with E-state index in [1.807, 2.05) is 30.3 Å². The van der Waals surface area contributed by atoms with Crippen molar-refractivity contribution in [2.24, 2.45) is 5.92 Å². The zero-order valence-corrected chi connectivity index (χ0v) is 14.6. The zero-order chi connectivity index (χ0) is 18.0. The van der Waals surface area contributed by atoms with E-state index in [2.05, 4.69) is 10.3 Å². The maximum absolute atomic E-state index is 12.9. The molecule has 0 radical (unpaired) electrons. The molecule has 1 fully saturated rings. The van der Waals surface area contributed by atoms with Gasteiger partial charge in [-0.3, -0.25) is 4.79 Å². The summed E-state index contributed by atoms with van der Waals surface area (Å²) in [5.74, 6) is -1.65. The Morgan fingerprint density at radius 1 is 1.24 bits per heavy atom. The molecule has 1 N–H and O–H groups in total. The van der Waals surface area contributed by atoms with E-state index in [1.165, 1.54) is 11.3 Å². The summed E-state index contributed by atoms with van der Waals surface area (Å²) in [6.45, 7) is 1.75. The zero-order valence-electron chi connectivity index (χ0n) is 13.8. The number of hydrogen-bond acceptors (Lipinski definition) is 3. The topological polar surface area (TPSA) is 42.0 Å². The average Bonchev–Trinajstić information content (AvgIpc) is 2.97. The number of hydrogen-bond donors (Lipinski definition) is 1. The van der Waals surface area contributed by atoms with Gasteiger partial charge in [-0.1, -0.05) is 36.8 Å². The van der Waals surface area contributed by atoms with Crippen molar-refractivity contribution in [3.63, 3.8) is 0 Å². The van der Waals surface area contributed by atoms with Gasteiger partial charge in [0.2, 0.25) is 0 Å². The molecular formula is C18H19F3N2OS. The molecule has 3 rings (SSSR count). The van der Waals surface area contributed by atoms with E-state index >= 15 is 0 Å². The lowest BCUT2D eigenvalue weighted by Gasteiger charge is -2.30. The number of carbonyl (C=O) groups excluding carboxylic acids is 1. The van der Waals surface area contributed by atoms with Crippen molar-refractivity contribution in [1.29, 1.82) is 0 Å². The van der Waals surface area contributed by atoms with Gasteiger partial charge in [0, 0.05) is 11.6 Å². The fraction of sp³-hybridized carbons (Fsp3) is 0.444. The SMILES string of the molecule is Cc1nc(-c2ccccc2)sc1C(=O)NC1CCCC(C(F)(F)F)C1. The molecule has 2 atom stereocenters. The molecule has 1 saturated carbocycles. The molecule has 0 spiro atoms. The molecule has 0 bridgehead atoms. The van der Waals surface area contributed by atoms with Crippen molar-refractivity contribution >= 4 is 17.2 Å². The summed E-state index contributed by atoms with van der Waals surface area (Å²) < 4.78 is 38.7.